The van der Waals surface area contributed by atoms with Crippen molar-refractivity contribution in [3.05, 3.63) is 48.3 Å². The molecular formula is C31H45N5O4. The van der Waals surface area contributed by atoms with Crippen molar-refractivity contribution in [3.8, 4) is 5.75 Å². The van der Waals surface area contributed by atoms with Crippen molar-refractivity contribution in [2.75, 3.05) is 31.1 Å². The minimum Gasteiger partial charge on any atom is -0.491 e. The van der Waals surface area contributed by atoms with Crippen molar-refractivity contribution in [1.29, 1.82) is 0 Å². The van der Waals surface area contributed by atoms with E-state index in [-0.39, 0.29) is 42.9 Å². The molecule has 1 aliphatic rings. The van der Waals surface area contributed by atoms with Gasteiger partial charge in [0.15, 0.2) is 0 Å². The van der Waals surface area contributed by atoms with Gasteiger partial charge in [-0.15, -0.1) is 0 Å². The van der Waals surface area contributed by atoms with Gasteiger partial charge in [0.05, 0.1) is 36.3 Å². The number of rotatable bonds is 10. The van der Waals surface area contributed by atoms with E-state index in [1.54, 1.807) is 17.2 Å². The summed E-state index contributed by atoms with van der Waals surface area (Å²) in [5.41, 5.74) is 1.70. The molecule has 1 aromatic carbocycles. The van der Waals surface area contributed by atoms with Crippen LogP contribution in [0.1, 0.15) is 83.0 Å². The number of nitrogens with one attached hydrogen (secondary N) is 2. The zero-order valence-electron chi connectivity index (χ0n) is 24.4. The van der Waals surface area contributed by atoms with E-state index in [4.69, 9.17) is 4.74 Å². The van der Waals surface area contributed by atoms with Crippen LogP contribution in [0.5, 0.6) is 5.75 Å². The van der Waals surface area contributed by atoms with Crippen molar-refractivity contribution in [1.82, 2.24) is 20.5 Å². The number of hydrogen-bond acceptors (Lipinski definition) is 6. The molecule has 1 aliphatic heterocycles. The van der Waals surface area contributed by atoms with Gasteiger partial charge in [0, 0.05) is 24.8 Å². The molecule has 0 saturated heterocycles. The van der Waals surface area contributed by atoms with Gasteiger partial charge < -0.3 is 25.2 Å². The Kier molecular flexibility index (Phi) is 12.2. The molecule has 3 amide bonds. The number of fused-ring (bicyclic) bond motifs is 3. The van der Waals surface area contributed by atoms with Crippen LogP contribution in [-0.2, 0) is 9.59 Å². The first kappa shape index (κ1) is 30.9. The number of aromatic nitrogens is 1. The molecular weight excluding hydrogens is 506 g/mol. The number of benzene rings is 1. The number of hydrogen-bond donors (Lipinski definition) is 2. The van der Waals surface area contributed by atoms with Crippen molar-refractivity contribution >= 4 is 29.1 Å². The molecule has 9 nitrogen and oxygen atoms in total. The van der Waals surface area contributed by atoms with E-state index in [9.17, 15) is 14.4 Å². The van der Waals surface area contributed by atoms with E-state index < -0.39 is 0 Å². The molecule has 0 atom stereocenters. The molecule has 2 N–H and O–H groups in total. The molecule has 2 heterocycles. The van der Waals surface area contributed by atoms with Crippen molar-refractivity contribution in [2.24, 2.45) is 0 Å². The zero-order chi connectivity index (χ0) is 28.9. The van der Waals surface area contributed by atoms with Crippen LogP contribution in [0, 0.1) is 0 Å². The predicted octanol–water partition coefficient (Wildman–Crippen LogP) is 4.83. The quantitative estimate of drug-likeness (QED) is 0.438. The minimum absolute atomic E-state index is 0.0135. The van der Waals surface area contributed by atoms with Gasteiger partial charge in [-0.1, -0.05) is 39.8 Å². The molecule has 0 radical (unpaired) electrons. The van der Waals surface area contributed by atoms with Gasteiger partial charge in [-0.2, -0.15) is 0 Å². The Morgan fingerprint density at radius 3 is 2.23 bits per heavy atom. The molecule has 40 heavy (non-hydrogen) atoms. The number of carbonyl (C=O) groups excluding carboxylic acids is 3. The van der Waals surface area contributed by atoms with Gasteiger partial charge in [0.25, 0.3) is 5.91 Å². The SMILES string of the molecule is CCC(CC)NC(=O)CN1CCCCCOc2ccccc2N(CC(=O)NC(CC)CC)c2cncc(c2)C1=O. The van der Waals surface area contributed by atoms with Crippen molar-refractivity contribution in [3.63, 3.8) is 0 Å². The molecule has 0 fully saturated rings. The average molecular weight is 552 g/mol. The van der Waals surface area contributed by atoms with Crippen LogP contribution in [0.3, 0.4) is 0 Å². The third-order valence-corrected chi connectivity index (χ3v) is 7.39. The van der Waals surface area contributed by atoms with E-state index in [1.807, 2.05) is 43.0 Å². The fourth-order valence-corrected chi connectivity index (χ4v) is 4.86. The fourth-order valence-electron chi connectivity index (χ4n) is 4.86. The third kappa shape index (κ3) is 8.69. The highest BCUT2D eigenvalue weighted by Gasteiger charge is 2.24. The third-order valence-electron chi connectivity index (χ3n) is 7.39. The first-order valence-electron chi connectivity index (χ1n) is 14.7. The van der Waals surface area contributed by atoms with E-state index in [0.717, 1.165) is 50.6 Å². The summed E-state index contributed by atoms with van der Waals surface area (Å²) in [4.78, 5) is 47.5. The van der Waals surface area contributed by atoms with Gasteiger partial charge >= 0.3 is 0 Å². The lowest BCUT2D eigenvalue weighted by molar-refractivity contribution is -0.122. The Balaban J connectivity index is 1.97. The molecule has 1 aromatic heterocycles. The van der Waals surface area contributed by atoms with Crippen LogP contribution in [-0.4, -0.2) is 65.9 Å². The highest BCUT2D eigenvalue weighted by Crippen LogP contribution is 2.34. The molecule has 2 aromatic rings. The first-order valence-corrected chi connectivity index (χ1v) is 14.7. The second-order valence-electron chi connectivity index (χ2n) is 10.3. The van der Waals surface area contributed by atoms with E-state index in [0.29, 0.717) is 30.2 Å². The van der Waals surface area contributed by atoms with Crippen molar-refractivity contribution in [2.45, 2.75) is 84.7 Å². The summed E-state index contributed by atoms with van der Waals surface area (Å²) in [5.74, 6) is 0.133. The molecule has 3 rings (SSSR count). The topological polar surface area (TPSA) is 104 Å². The summed E-state index contributed by atoms with van der Waals surface area (Å²) < 4.78 is 6.18. The maximum absolute atomic E-state index is 13.7. The van der Waals surface area contributed by atoms with Gasteiger partial charge in [0.1, 0.15) is 12.3 Å². The molecule has 0 spiro atoms. The smallest absolute Gasteiger partial charge is 0.255 e. The predicted molar refractivity (Wildman–Crippen MR) is 158 cm³/mol. The van der Waals surface area contributed by atoms with Crippen LogP contribution < -0.4 is 20.3 Å². The van der Waals surface area contributed by atoms with Gasteiger partial charge in [-0.3, -0.25) is 19.4 Å². The Labute approximate surface area is 238 Å². The minimum atomic E-state index is -0.253. The lowest BCUT2D eigenvalue weighted by Crippen LogP contribution is -2.44. The normalized spacial score (nSPS) is 14.4. The average Bonchev–Trinajstić information content (AvgIpc) is 2.98. The Morgan fingerprint density at radius 1 is 0.900 bits per heavy atom. The number of ether oxygens (including phenoxy) is 1. The fraction of sp³-hybridized carbons (Fsp3) is 0.548. The molecule has 0 aliphatic carbocycles. The van der Waals surface area contributed by atoms with Crippen LogP contribution >= 0.6 is 0 Å². The van der Waals surface area contributed by atoms with Crippen molar-refractivity contribution < 1.29 is 19.1 Å². The summed E-state index contributed by atoms with van der Waals surface area (Å²) in [6.45, 7) is 9.16. The summed E-state index contributed by atoms with van der Waals surface area (Å²) >= 11 is 0. The highest BCUT2D eigenvalue weighted by molar-refractivity contribution is 5.97. The zero-order valence-corrected chi connectivity index (χ0v) is 24.4. The van der Waals surface area contributed by atoms with Crippen LogP contribution in [0.4, 0.5) is 11.4 Å². The summed E-state index contributed by atoms with van der Waals surface area (Å²) in [7, 11) is 0. The van der Waals surface area contributed by atoms with Crippen LogP contribution in [0.25, 0.3) is 0 Å². The molecule has 0 unspecified atom stereocenters. The van der Waals surface area contributed by atoms with E-state index in [2.05, 4.69) is 29.5 Å². The van der Waals surface area contributed by atoms with Gasteiger partial charge in [0.2, 0.25) is 11.8 Å². The second kappa shape index (κ2) is 15.8. The number of nitrogens with zero attached hydrogens (tertiary/aromatic N) is 3. The molecule has 0 saturated carbocycles. The monoisotopic (exact) mass is 551 g/mol. The second-order valence-corrected chi connectivity index (χ2v) is 10.3. The Bertz CT molecular complexity index is 1120. The molecule has 218 valence electrons. The number of carbonyl (C=O) groups is 3. The molecule has 9 heteroatoms. The maximum atomic E-state index is 13.7. The lowest BCUT2D eigenvalue weighted by Gasteiger charge is -2.28. The summed E-state index contributed by atoms with van der Waals surface area (Å²) in [5, 5.41) is 6.15. The number of anilines is 2. The highest BCUT2D eigenvalue weighted by atomic mass is 16.5. The largest absolute Gasteiger partial charge is 0.491 e. The van der Waals surface area contributed by atoms with E-state index in [1.165, 1.54) is 6.20 Å². The molecule has 2 bridgehead atoms. The van der Waals surface area contributed by atoms with Gasteiger partial charge in [-0.25, -0.2) is 0 Å². The summed E-state index contributed by atoms with van der Waals surface area (Å²) in [6, 6.07) is 9.54. The Hall–Kier alpha value is -3.62. The Morgan fingerprint density at radius 2 is 1.55 bits per heavy atom. The van der Waals surface area contributed by atoms with Crippen LogP contribution in [0.2, 0.25) is 0 Å². The first-order chi connectivity index (χ1) is 19.4. The van der Waals surface area contributed by atoms with Gasteiger partial charge in [-0.05, 0) is 63.1 Å². The number of pyridine rings is 1. The number of amides is 3. The van der Waals surface area contributed by atoms with E-state index >= 15 is 0 Å². The summed E-state index contributed by atoms with van der Waals surface area (Å²) in [6.07, 6.45) is 8.93. The lowest BCUT2D eigenvalue weighted by atomic mass is 10.1. The maximum Gasteiger partial charge on any atom is 0.255 e. The number of para-hydroxylation sites is 2. The van der Waals surface area contributed by atoms with Crippen LogP contribution in [0.15, 0.2) is 42.7 Å². The standard InChI is InChI=1S/C31H45N5O4/c1-5-24(6-2)33-29(37)21-35-16-12-9-13-17-40-28-15-11-10-14-27(28)36(22-30(38)34-25(7-3)8-4)26-18-23(31(35)39)19-32-20-26/h10-11,14-15,18-20,24-25H,5-9,12-13,16-17,21-22H2,1-4H3,(H,33,37)(H,34,38).